The normalized spacial score (nSPS) is 11.2. The van der Waals surface area contributed by atoms with Crippen LogP contribution in [-0.4, -0.2) is 6.21 Å². The Balaban J connectivity index is 2.97. The van der Waals surface area contributed by atoms with Crippen molar-refractivity contribution in [2.45, 2.75) is 0 Å². The standard InChI is InChI=1S/C9H9FN2/c10-8-3-1-7(2-4-8)9(12)5-6-11/h1-6,11H,12H2/b9-5-,11-6?. The van der Waals surface area contributed by atoms with E-state index in [-0.39, 0.29) is 5.82 Å². The lowest BCUT2D eigenvalue weighted by molar-refractivity contribution is 0.627. The molecule has 0 saturated heterocycles. The van der Waals surface area contributed by atoms with Crippen molar-refractivity contribution >= 4 is 11.9 Å². The van der Waals surface area contributed by atoms with Crippen LogP contribution in [0.15, 0.2) is 30.3 Å². The summed E-state index contributed by atoms with van der Waals surface area (Å²) in [6, 6.07) is 5.81. The molecule has 1 aromatic carbocycles. The van der Waals surface area contributed by atoms with Crippen molar-refractivity contribution in [3.05, 3.63) is 41.7 Å². The van der Waals surface area contributed by atoms with E-state index in [0.717, 1.165) is 11.8 Å². The maximum Gasteiger partial charge on any atom is 0.123 e. The molecule has 1 aromatic rings. The first-order chi connectivity index (χ1) is 5.74. The number of hydrogen-bond acceptors (Lipinski definition) is 2. The highest BCUT2D eigenvalue weighted by atomic mass is 19.1. The van der Waals surface area contributed by atoms with Gasteiger partial charge in [0.15, 0.2) is 0 Å². The highest BCUT2D eigenvalue weighted by Crippen LogP contribution is 2.08. The lowest BCUT2D eigenvalue weighted by atomic mass is 10.1. The van der Waals surface area contributed by atoms with Gasteiger partial charge in [-0.15, -0.1) is 0 Å². The minimum atomic E-state index is -0.290. The van der Waals surface area contributed by atoms with Gasteiger partial charge in [-0.1, -0.05) is 12.1 Å². The van der Waals surface area contributed by atoms with Gasteiger partial charge in [0.05, 0.1) is 0 Å². The Morgan fingerprint density at radius 3 is 2.42 bits per heavy atom. The van der Waals surface area contributed by atoms with Crippen LogP contribution in [0.2, 0.25) is 0 Å². The lowest BCUT2D eigenvalue weighted by Crippen LogP contribution is -1.96. The zero-order valence-electron chi connectivity index (χ0n) is 6.42. The molecule has 0 heterocycles. The van der Waals surface area contributed by atoms with E-state index in [1.54, 1.807) is 12.1 Å². The third-order valence-electron chi connectivity index (χ3n) is 1.44. The van der Waals surface area contributed by atoms with Gasteiger partial charge in [-0.2, -0.15) is 0 Å². The molecule has 0 aliphatic carbocycles. The molecule has 0 unspecified atom stereocenters. The maximum absolute atomic E-state index is 12.4. The topological polar surface area (TPSA) is 49.9 Å². The Bertz CT molecular complexity index is 301. The molecule has 62 valence electrons. The number of benzene rings is 1. The molecule has 0 saturated carbocycles. The number of allylic oxidation sites excluding steroid dienone is 1. The highest BCUT2D eigenvalue weighted by Gasteiger charge is 1.94. The van der Waals surface area contributed by atoms with Crippen LogP contribution in [0.25, 0.3) is 5.70 Å². The molecule has 0 bridgehead atoms. The van der Waals surface area contributed by atoms with Gasteiger partial charge in [-0.3, -0.25) is 0 Å². The fourth-order valence-electron chi connectivity index (χ4n) is 0.828. The molecule has 0 radical (unpaired) electrons. The van der Waals surface area contributed by atoms with Gasteiger partial charge >= 0.3 is 0 Å². The Hall–Kier alpha value is -1.64. The predicted octanol–water partition coefficient (Wildman–Crippen LogP) is 1.77. The van der Waals surface area contributed by atoms with Crippen molar-refractivity contribution in [2.75, 3.05) is 0 Å². The summed E-state index contributed by atoms with van der Waals surface area (Å²) in [5.41, 5.74) is 6.73. The van der Waals surface area contributed by atoms with Crippen molar-refractivity contribution < 1.29 is 4.39 Å². The molecule has 0 fully saturated rings. The van der Waals surface area contributed by atoms with Crippen LogP contribution >= 0.6 is 0 Å². The molecule has 3 heteroatoms. The second-order valence-corrected chi connectivity index (χ2v) is 2.30. The van der Waals surface area contributed by atoms with Crippen molar-refractivity contribution in [1.82, 2.24) is 0 Å². The van der Waals surface area contributed by atoms with Crippen LogP contribution in [-0.2, 0) is 0 Å². The molecular formula is C9H9FN2. The van der Waals surface area contributed by atoms with Gasteiger partial charge in [0, 0.05) is 11.9 Å². The second-order valence-electron chi connectivity index (χ2n) is 2.30. The summed E-state index contributed by atoms with van der Waals surface area (Å²) in [7, 11) is 0. The summed E-state index contributed by atoms with van der Waals surface area (Å²) in [4.78, 5) is 0. The van der Waals surface area contributed by atoms with Gasteiger partial charge in [0.25, 0.3) is 0 Å². The van der Waals surface area contributed by atoms with E-state index in [1.165, 1.54) is 18.2 Å². The van der Waals surface area contributed by atoms with E-state index in [2.05, 4.69) is 0 Å². The minimum absolute atomic E-state index is 0.290. The zero-order valence-corrected chi connectivity index (χ0v) is 6.42. The summed E-state index contributed by atoms with van der Waals surface area (Å²) >= 11 is 0. The largest absolute Gasteiger partial charge is 0.398 e. The SMILES string of the molecule is N=C/C=C(\N)c1ccc(F)cc1. The van der Waals surface area contributed by atoms with Crippen LogP contribution in [0.5, 0.6) is 0 Å². The monoisotopic (exact) mass is 164 g/mol. The van der Waals surface area contributed by atoms with Crippen LogP contribution in [0.1, 0.15) is 5.56 Å². The minimum Gasteiger partial charge on any atom is -0.398 e. The quantitative estimate of drug-likeness (QED) is 0.643. The molecule has 0 atom stereocenters. The van der Waals surface area contributed by atoms with Gasteiger partial charge in [0.2, 0.25) is 0 Å². The Labute approximate surface area is 70.0 Å². The Morgan fingerprint density at radius 2 is 1.92 bits per heavy atom. The molecule has 0 spiro atoms. The highest BCUT2D eigenvalue weighted by molar-refractivity contribution is 5.81. The smallest absolute Gasteiger partial charge is 0.123 e. The molecule has 0 amide bonds. The summed E-state index contributed by atoms with van der Waals surface area (Å²) in [6.07, 6.45) is 2.55. The molecule has 0 aliphatic rings. The summed E-state index contributed by atoms with van der Waals surface area (Å²) in [6.45, 7) is 0. The molecule has 0 aromatic heterocycles. The van der Waals surface area contributed by atoms with E-state index < -0.39 is 0 Å². The zero-order chi connectivity index (χ0) is 8.97. The van der Waals surface area contributed by atoms with Gasteiger partial charge in [-0.25, -0.2) is 4.39 Å². The fraction of sp³-hybridized carbons (Fsp3) is 0. The van der Waals surface area contributed by atoms with Crippen molar-refractivity contribution in [2.24, 2.45) is 5.73 Å². The van der Waals surface area contributed by atoms with E-state index in [1.807, 2.05) is 0 Å². The first-order valence-corrected chi connectivity index (χ1v) is 3.46. The van der Waals surface area contributed by atoms with Crippen molar-refractivity contribution in [3.8, 4) is 0 Å². The van der Waals surface area contributed by atoms with Crippen LogP contribution in [0, 0.1) is 11.2 Å². The molecule has 1 rings (SSSR count). The molecule has 12 heavy (non-hydrogen) atoms. The van der Waals surface area contributed by atoms with E-state index in [9.17, 15) is 4.39 Å². The Morgan fingerprint density at radius 1 is 1.33 bits per heavy atom. The number of nitrogens with two attached hydrogens (primary N) is 1. The van der Waals surface area contributed by atoms with Gasteiger partial charge < -0.3 is 11.1 Å². The van der Waals surface area contributed by atoms with Crippen LogP contribution in [0.3, 0.4) is 0 Å². The van der Waals surface area contributed by atoms with Crippen molar-refractivity contribution in [1.29, 1.82) is 5.41 Å². The maximum atomic E-state index is 12.4. The molecule has 2 nitrogen and oxygen atoms in total. The first kappa shape index (κ1) is 8.46. The number of rotatable bonds is 2. The second kappa shape index (κ2) is 3.67. The van der Waals surface area contributed by atoms with E-state index in [4.69, 9.17) is 11.1 Å². The van der Waals surface area contributed by atoms with Gasteiger partial charge in [-0.05, 0) is 23.8 Å². The summed E-state index contributed by atoms with van der Waals surface area (Å²) in [5.74, 6) is -0.290. The number of halogens is 1. The first-order valence-electron chi connectivity index (χ1n) is 3.46. The average Bonchev–Trinajstić information content (AvgIpc) is 2.06. The third kappa shape index (κ3) is 1.92. The average molecular weight is 164 g/mol. The van der Waals surface area contributed by atoms with Crippen LogP contribution < -0.4 is 5.73 Å². The van der Waals surface area contributed by atoms with Crippen LogP contribution in [0.4, 0.5) is 4.39 Å². The number of hydrogen-bond donors (Lipinski definition) is 2. The number of nitrogens with one attached hydrogen (secondary N) is 1. The Kier molecular flexibility index (Phi) is 2.58. The van der Waals surface area contributed by atoms with E-state index >= 15 is 0 Å². The molecule has 3 N–H and O–H groups in total. The third-order valence-corrected chi connectivity index (χ3v) is 1.44. The molecule has 0 aliphatic heterocycles. The van der Waals surface area contributed by atoms with Crippen molar-refractivity contribution in [3.63, 3.8) is 0 Å². The van der Waals surface area contributed by atoms with Gasteiger partial charge in [0.1, 0.15) is 5.82 Å². The van der Waals surface area contributed by atoms with E-state index in [0.29, 0.717) is 5.70 Å². The summed E-state index contributed by atoms with van der Waals surface area (Å²) < 4.78 is 12.4. The predicted molar refractivity (Wildman–Crippen MR) is 47.3 cm³/mol. The summed E-state index contributed by atoms with van der Waals surface area (Å²) in [5, 5.41) is 6.77. The lowest BCUT2D eigenvalue weighted by Gasteiger charge is -1.98. The fourth-order valence-corrected chi connectivity index (χ4v) is 0.828. The molecular weight excluding hydrogens is 155 g/mol.